The van der Waals surface area contributed by atoms with E-state index in [0.717, 1.165) is 13.0 Å². The average Bonchev–Trinajstić information content (AvgIpc) is 2.00. The average molecular weight is 212 g/mol. The van der Waals surface area contributed by atoms with Crippen LogP contribution in [0.4, 0.5) is 0 Å². The quantitative estimate of drug-likeness (QED) is 0.679. The first-order chi connectivity index (χ1) is 6.95. The Bertz CT molecular complexity index is 200. The molecule has 1 amide bonds. The molecule has 0 heterocycles. The van der Waals surface area contributed by atoms with Crippen molar-refractivity contribution in [3.05, 3.63) is 12.2 Å². The number of carbonyl (C=O) groups is 1. The van der Waals surface area contributed by atoms with Crippen LogP contribution in [0.25, 0.3) is 0 Å². The van der Waals surface area contributed by atoms with E-state index in [9.17, 15) is 4.79 Å². The van der Waals surface area contributed by atoms with Crippen molar-refractivity contribution in [3.8, 4) is 0 Å². The predicted octanol–water partition coefficient (Wildman–Crippen LogP) is 1.66. The number of amides is 1. The third kappa shape index (κ3) is 8.18. The van der Waals surface area contributed by atoms with Crippen molar-refractivity contribution in [2.75, 3.05) is 20.6 Å². The molecule has 0 aromatic carbocycles. The lowest BCUT2D eigenvalue weighted by molar-refractivity contribution is -0.117. The molecule has 15 heavy (non-hydrogen) atoms. The van der Waals surface area contributed by atoms with Gasteiger partial charge in [0.25, 0.3) is 0 Å². The van der Waals surface area contributed by atoms with E-state index in [1.54, 1.807) is 12.2 Å². The third-order valence-electron chi connectivity index (χ3n) is 2.01. The van der Waals surface area contributed by atoms with Gasteiger partial charge in [-0.25, -0.2) is 0 Å². The van der Waals surface area contributed by atoms with Crippen LogP contribution < -0.4 is 5.32 Å². The zero-order valence-corrected chi connectivity index (χ0v) is 10.6. The summed E-state index contributed by atoms with van der Waals surface area (Å²) in [6.45, 7) is 7.08. The Morgan fingerprint density at radius 3 is 2.40 bits per heavy atom. The summed E-state index contributed by atoms with van der Waals surface area (Å²) in [5.74, 6) is 0.603. The number of hydrogen-bond donors (Lipinski definition) is 1. The van der Waals surface area contributed by atoms with Crippen molar-refractivity contribution in [2.45, 2.75) is 33.2 Å². The van der Waals surface area contributed by atoms with Crippen molar-refractivity contribution < 1.29 is 4.79 Å². The SMILES string of the molecule is CC=CC(=O)NC(CC(C)C)CN(C)C. The van der Waals surface area contributed by atoms with Crippen molar-refractivity contribution in [1.29, 1.82) is 0 Å². The zero-order valence-electron chi connectivity index (χ0n) is 10.6. The molecule has 0 aliphatic carbocycles. The molecule has 0 spiro atoms. The number of nitrogens with one attached hydrogen (secondary N) is 1. The molecule has 0 saturated carbocycles. The molecular formula is C12H24N2O. The Balaban J connectivity index is 4.17. The van der Waals surface area contributed by atoms with Gasteiger partial charge in [0.15, 0.2) is 0 Å². The summed E-state index contributed by atoms with van der Waals surface area (Å²) in [6, 6.07) is 0.240. The number of carbonyl (C=O) groups excluding carboxylic acids is 1. The van der Waals surface area contributed by atoms with Crippen molar-refractivity contribution in [3.63, 3.8) is 0 Å². The highest BCUT2D eigenvalue weighted by Crippen LogP contribution is 2.05. The highest BCUT2D eigenvalue weighted by Gasteiger charge is 2.13. The molecule has 0 rings (SSSR count). The van der Waals surface area contributed by atoms with Gasteiger partial charge < -0.3 is 10.2 Å². The van der Waals surface area contributed by atoms with Crippen LogP contribution >= 0.6 is 0 Å². The summed E-state index contributed by atoms with van der Waals surface area (Å²) in [5.41, 5.74) is 0. The molecule has 0 aliphatic heterocycles. The van der Waals surface area contributed by atoms with Gasteiger partial charge in [-0.15, -0.1) is 0 Å². The highest BCUT2D eigenvalue weighted by atomic mass is 16.1. The van der Waals surface area contributed by atoms with Gasteiger partial charge >= 0.3 is 0 Å². The zero-order chi connectivity index (χ0) is 11.8. The molecule has 1 unspecified atom stereocenters. The second-order valence-electron chi connectivity index (χ2n) is 4.60. The molecule has 0 saturated heterocycles. The van der Waals surface area contributed by atoms with E-state index in [2.05, 4.69) is 24.1 Å². The largest absolute Gasteiger partial charge is 0.349 e. The standard InChI is InChI=1S/C12H24N2O/c1-6-7-12(15)13-11(8-10(2)3)9-14(4)5/h6-7,10-11H,8-9H2,1-5H3,(H,13,15). The monoisotopic (exact) mass is 212 g/mol. The number of nitrogens with zero attached hydrogens (tertiary/aromatic N) is 1. The second kappa shape index (κ2) is 7.46. The fourth-order valence-corrected chi connectivity index (χ4v) is 1.59. The van der Waals surface area contributed by atoms with E-state index in [-0.39, 0.29) is 11.9 Å². The van der Waals surface area contributed by atoms with Crippen LogP contribution in [0, 0.1) is 5.92 Å². The van der Waals surface area contributed by atoms with E-state index in [0.29, 0.717) is 5.92 Å². The molecule has 0 radical (unpaired) electrons. The maximum Gasteiger partial charge on any atom is 0.243 e. The molecule has 0 aromatic heterocycles. The minimum Gasteiger partial charge on any atom is -0.349 e. The number of hydrogen-bond acceptors (Lipinski definition) is 2. The minimum atomic E-state index is 0.00463. The summed E-state index contributed by atoms with van der Waals surface area (Å²) < 4.78 is 0. The molecule has 3 heteroatoms. The van der Waals surface area contributed by atoms with E-state index in [1.807, 2.05) is 21.0 Å². The van der Waals surface area contributed by atoms with E-state index < -0.39 is 0 Å². The topological polar surface area (TPSA) is 32.3 Å². The normalized spacial score (nSPS) is 13.8. The molecule has 0 fully saturated rings. The summed E-state index contributed by atoms with van der Waals surface area (Å²) in [4.78, 5) is 13.5. The molecule has 0 bridgehead atoms. The number of allylic oxidation sites excluding steroid dienone is 1. The molecule has 88 valence electrons. The number of rotatable bonds is 6. The Kier molecular flexibility index (Phi) is 7.05. The number of likely N-dealkylation sites (N-methyl/N-ethyl adjacent to an activating group) is 1. The molecule has 1 atom stereocenters. The van der Waals surface area contributed by atoms with Gasteiger partial charge in [0.05, 0.1) is 0 Å². The summed E-state index contributed by atoms with van der Waals surface area (Å²) in [7, 11) is 4.05. The van der Waals surface area contributed by atoms with Gasteiger partial charge in [-0.2, -0.15) is 0 Å². The summed E-state index contributed by atoms with van der Waals surface area (Å²) in [6.07, 6.45) is 4.35. The first-order valence-electron chi connectivity index (χ1n) is 5.53. The Labute approximate surface area is 93.5 Å². The van der Waals surface area contributed by atoms with E-state index >= 15 is 0 Å². The van der Waals surface area contributed by atoms with Gasteiger partial charge in [-0.3, -0.25) is 4.79 Å². The van der Waals surface area contributed by atoms with Crippen LogP contribution in [0.5, 0.6) is 0 Å². The molecule has 0 aliphatic rings. The maximum absolute atomic E-state index is 11.4. The van der Waals surface area contributed by atoms with Crippen LogP contribution in [0.2, 0.25) is 0 Å². The maximum atomic E-state index is 11.4. The Morgan fingerprint density at radius 1 is 1.40 bits per heavy atom. The van der Waals surface area contributed by atoms with Crippen molar-refractivity contribution in [2.24, 2.45) is 5.92 Å². The minimum absolute atomic E-state index is 0.00463. The van der Waals surface area contributed by atoms with Crippen LogP contribution in [0.15, 0.2) is 12.2 Å². The van der Waals surface area contributed by atoms with Crippen LogP contribution in [0.3, 0.4) is 0 Å². The molecule has 0 aromatic rings. The van der Waals surface area contributed by atoms with Crippen LogP contribution in [-0.2, 0) is 4.79 Å². The molecule has 1 N–H and O–H groups in total. The lowest BCUT2D eigenvalue weighted by Crippen LogP contribution is -2.41. The fourth-order valence-electron chi connectivity index (χ4n) is 1.59. The van der Waals surface area contributed by atoms with E-state index in [1.165, 1.54) is 0 Å². The molecule has 3 nitrogen and oxygen atoms in total. The van der Waals surface area contributed by atoms with Crippen molar-refractivity contribution >= 4 is 5.91 Å². The van der Waals surface area contributed by atoms with Gasteiger partial charge in [0.1, 0.15) is 0 Å². The predicted molar refractivity (Wildman–Crippen MR) is 64.8 cm³/mol. The smallest absolute Gasteiger partial charge is 0.243 e. The Hall–Kier alpha value is -0.830. The van der Waals surface area contributed by atoms with Crippen LogP contribution in [-0.4, -0.2) is 37.5 Å². The fraction of sp³-hybridized carbons (Fsp3) is 0.750. The second-order valence-corrected chi connectivity index (χ2v) is 4.60. The molecular weight excluding hydrogens is 188 g/mol. The van der Waals surface area contributed by atoms with Crippen LogP contribution in [0.1, 0.15) is 27.2 Å². The van der Waals surface area contributed by atoms with Gasteiger partial charge in [0, 0.05) is 12.6 Å². The van der Waals surface area contributed by atoms with Gasteiger partial charge in [-0.05, 0) is 39.4 Å². The summed E-state index contributed by atoms with van der Waals surface area (Å²) >= 11 is 0. The Morgan fingerprint density at radius 2 is 2.00 bits per heavy atom. The lowest BCUT2D eigenvalue weighted by atomic mass is 10.0. The third-order valence-corrected chi connectivity index (χ3v) is 2.01. The highest BCUT2D eigenvalue weighted by molar-refractivity contribution is 5.87. The van der Waals surface area contributed by atoms with E-state index in [4.69, 9.17) is 0 Å². The van der Waals surface area contributed by atoms with Gasteiger partial charge in [0.2, 0.25) is 5.91 Å². The first-order valence-corrected chi connectivity index (χ1v) is 5.53. The van der Waals surface area contributed by atoms with Gasteiger partial charge in [-0.1, -0.05) is 19.9 Å². The van der Waals surface area contributed by atoms with Crippen molar-refractivity contribution in [1.82, 2.24) is 10.2 Å². The first kappa shape index (κ1) is 14.2. The lowest BCUT2D eigenvalue weighted by Gasteiger charge is -2.23. The summed E-state index contributed by atoms with van der Waals surface area (Å²) in [5, 5.41) is 3.01.